The van der Waals surface area contributed by atoms with Crippen molar-refractivity contribution in [3.05, 3.63) is 52.0 Å². The second-order valence-electron chi connectivity index (χ2n) is 7.39. The lowest BCUT2D eigenvalue weighted by atomic mass is 9.91. The molecule has 1 fully saturated rings. The van der Waals surface area contributed by atoms with Gasteiger partial charge in [-0.05, 0) is 35.9 Å². The molecule has 7 nitrogen and oxygen atoms in total. The maximum atomic E-state index is 13.4. The fourth-order valence-corrected chi connectivity index (χ4v) is 4.79. The van der Waals surface area contributed by atoms with Crippen molar-refractivity contribution in [3.63, 3.8) is 0 Å². The lowest BCUT2D eigenvalue weighted by Crippen LogP contribution is -2.48. The molecule has 0 radical (unpaired) electrons. The van der Waals surface area contributed by atoms with Gasteiger partial charge in [-0.2, -0.15) is 0 Å². The van der Waals surface area contributed by atoms with Gasteiger partial charge in [-0.1, -0.05) is 12.1 Å². The Labute approximate surface area is 173 Å². The number of nitrogens with zero attached hydrogens (tertiary/aromatic N) is 3. The quantitative estimate of drug-likeness (QED) is 0.722. The molecule has 2 aromatic rings. The summed E-state index contributed by atoms with van der Waals surface area (Å²) < 4.78 is 4.83. The molecule has 2 aliphatic rings. The number of carbonyl (C=O) groups is 3. The number of fused-ring (bicyclic) bond motifs is 1. The van der Waals surface area contributed by atoms with Crippen molar-refractivity contribution in [2.75, 3.05) is 26.7 Å². The Balaban J connectivity index is 1.53. The standard InChI is InChI=1S/C21H23N3O4S/c1-28-21(27)14-6-9-23(10-7-14)19(25)16-13-24(20(26)17-5-3-11-29-17)12-15-4-2-8-22-18(15)16/h2-5,8,11,14,16H,6-7,9-10,12-13H2,1H3. The summed E-state index contributed by atoms with van der Waals surface area (Å²) in [5.41, 5.74) is 1.66. The van der Waals surface area contributed by atoms with Gasteiger partial charge in [0.25, 0.3) is 5.91 Å². The molecule has 0 spiro atoms. The van der Waals surface area contributed by atoms with Crippen LogP contribution in [0.4, 0.5) is 0 Å². The fourth-order valence-electron chi connectivity index (χ4n) is 4.10. The monoisotopic (exact) mass is 413 g/mol. The van der Waals surface area contributed by atoms with Gasteiger partial charge in [0, 0.05) is 32.4 Å². The molecule has 1 saturated heterocycles. The summed E-state index contributed by atoms with van der Waals surface area (Å²) in [5.74, 6) is -0.945. The fraction of sp³-hybridized carbons (Fsp3) is 0.429. The number of thiophene rings is 1. The highest BCUT2D eigenvalue weighted by atomic mass is 32.1. The average Bonchev–Trinajstić information content (AvgIpc) is 3.32. The molecule has 1 unspecified atom stereocenters. The maximum Gasteiger partial charge on any atom is 0.308 e. The van der Waals surface area contributed by atoms with E-state index in [0.29, 0.717) is 43.9 Å². The third-order valence-corrected chi connectivity index (χ3v) is 6.54. The highest BCUT2D eigenvalue weighted by Gasteiger charge is 2.38. The maximum absolute atomic E-state index is 13.4. The van der Waals surface area contributed by atoms with Crippen molar-refractivity contribution in [1.82, 2.24) is 14.8 Å². The third kappa shape index (κ3) is 3.89. The number of hydrogen-bond donors (Lipinski definition) is 0. The van der Waals surface area contributed by atoms with E-state index in [9.17, 15) is 14.4 Å². The molecule has 8 heteroatoms. The van der Waals surface area contributed by atoms with Crippen LogP contribution in [0.2, 0.25) is 0 Å². The van der Waals surface area contributed by atoms with E-state index in [1.165, 1.54) is 18.4 Å². The summed E-state index contributed by atoms with van der Waals surface area (Å²) >= 11 is 1.40. The summed E-state index contributed by atoms with van der Waals surface area (Å²) in [6.45, 7) is 1.79. The number of aromatic nitrogens is 1. The second-order valence-corrected chi connectivity index (χ2v) is 8.33. The minimum absolute atomic E-state index is 0.0306. The lowest BCUT2D eigenvalue weighted by molar-refractivity contribution is -0.149. The summed E-state index contributed by atoms with van der Waals surface area (Å²) in [5, 5.41) is 1.88. The van der Waals surface area contributed by atoms with E-state index in [1.54, 1.807) is 22.1 Å². The van der Waals surface area contributed by atoms with Gasteiger partial charge >= 0.3 is 5.97 Å². The molecule has 4 heterocycles. The predicted molar refractivity (Wildman–Crippen MR) is 107 cm³/mol. The number of hydrogen-bond acceptors (Lipinski definition) is 6. The van der Waals surface area contributed by atoms with Crippen LogP contribution in [0.25, 0.3) is 0 Å². The largest absolute Gasteiger partial charge is 0.469 e. The van der Waals surface area contributed by atoms with Crippen LogP contribution in [0, 0.1) is 5.92 Å². The number of ether oxygens (including phenoxy) is 1. The zero-order valence-electron chi connectivity index (χ0n) is 16.2. The first-order chi connectivity index (χ1) is 14.1. The van der Waals surface area contributed by atoms with E-state index in [1.807, 2.05) is 23.6 Å². The highest BCUT2D eigenvalue weighted by Crippen LogP contribution is 2.31. The van der Waals surface area contributed by atoms with Gasteiger partial charge in [-0.15, -0.1) is 11.3 Å². The molecular weight excluding hydrogens is 390 g/mol. The number of amides is 2. The van der Waals surface area contributed by atoms with Gasteiger partial charge in [0.2, 0.25) is 5.91 Å². The second kappa shape index (κ2) is 8.32. The molecule has 2 aliphatic heterocycles. The average molecular weight is 413 g/mol. The lowest BCUT2D eigenvalue weighted by Gasteiger charge is -2.37. The van der Waals surface area contributed by atoms with Crippen LogP contribution in [0.15, 0.2) is 35.8 Å². The van der Waals surface area contributed by atoms with Crippen molar-refractivity contribution in [1.29, 1.82) is 0 Å². The minimum atomic E-state index is -0.487. The van der Waals surface area contributed by atoms with Crippen molar-refractivity contribution in [2.24, 2.45) is 5.92 Å². The van der Waals surface area contributed by atoms with Gasteiger partial charge < -0.3 is 14.5 Å². The smallest absolute Gasteiger partial charge is 0.308 e. The molecule has 0 N–H and O–H groups in total. The zero-order valence-corrected chi connectivity index (χ0v) is 17.1. The number of methoxy groups -OCH3 is 1. The van der Waals surface area contributed by atoms with Crippen molar-refractivity contribution >= 4 is 29.1 Å². The summed E-state index contributed by atoms with van der Waals surface area (Å²) in [6.07, 6.45) is 2.88. The molecule has 0 aliphatic carbocycles. The number of piperidine rings is 1. The van der Waals surface area contributed by atoms with Crippen LogP contribution < -0.4 is 0 Å². The van der Waals surface area contributed by atoms with E-state index in [4.69, 9.17) is 4.74 Å². The number of pyridine rings is 1. The molecule has 29 heavy (non-hydrogen) atoms. The molecule has 2 aromatic heterocycles. The Morgan fingerprint density at radius 2 is 1.93 bits per heavy atom. The predicted octanol–water partition coefficient (Wildman–Crippen LogP) is 2.29. The number of likely N-dealkylation sites (tertiary alicyclic amines) is 1. The van der Waals surface area contributed by atoms with Crippen LogP contribution in [0.1, 0.15) is 39.7 Å². The summed E-state index contributed by atoms with van der Waals surface area (Å²) in [4.78, 5) is 46.7. The highest BCUT2D eigenvalue weighted by molar-refractivity contribution is 7.12. The molecule has 1 atom stereocenters. The SMILES string of the molecule is COC(=O)C1CCN(C(=O)C2CN(C(=O)c3cccs3)Cc3cccnc32)CC1. The van der Waals surface area contributed by atoms with Crippen LogP contribution >= 0.6 is 11.3 Å². The van der Waals surface area contributed by atoms with Gasteiger partial charge in [0.15, 0.2) is 0 Å². The zero-order chi connectivity index (χ0) is 20.4. The summed E-state index contributed by atoms with van der Waals surface area (Å²) in [7, 11) is 1.39. The van der Waals surface area contributed by atoms with Crippen molar-refractivity contribution in [3.8, 4) is 0 Å². The molecule has 0 saturated carbocycles. The Bertz CT molecular complexity index is 906. The number of esters is 1. The van der Waals surface area contributed by atoms with Gasteiger partial charge in [0.1, 0.15) is 0 Å². The van der Waals surface area contributed by atoms with Gasteiger partial charge in [0.05, 0.1) is 29.5 Å². The third-order valence-electron chi connectivity index (χ3n) is 5.68. The Morgan fingerprint density at radius 3 is 2.62 bits per heavy atom. The topological polar surface area (TPSA) is 79.8 Å². The molecule has 2 amide bonds. The van der Waals surface area contributed by atoms with E-state index in [0.717, 1.165) is 11.3 Å². The number of rotatable bonds is 3. The van der Waals surface area contributed by atoms with E-state index >= 15 is 0 Å². The van der Waals surface area contributed by atoms with E-state index in [-0.39, 0.29) is 23.7 Å². The van der Waals surface area contributed by atoms with E-state index < -0.39 is 5.92 Å². The normalized spacial score (nSPS) is 19.6. The molecule has 0 bridgehead atoms. The first kappa shape index (κ1) is 19.6. The summed E-state index contributed by atoms with van der Waals surface area (Å²) in [6, 6.07) is 7.42. The Kier molecular flexibility index (Phi) is 5.62. The van der Waals surface area contributed by atoms with Gasteiger partial charge in [-0.25, -0.2) is 0 Å². The molecule has 0 aromatic carbocycles. The van der Waals surface area contributed by atoms with Gasteiger partial charge in [-0.3, -0.25) is 19.4 Å². The van der Waals surface area contributed by atoms with Crippen LogP contribution in [0.5, 0.6) is 0 Å². The van der Waals surface area contributed by atoms with Crippen molar-refractivity contribution < 1.29 is 19.1 Å². The molecule has 4 rings (SSSR count). The first-order valence-corrected chi connectivity index (χ1v) is 10.6. The first-order valence-electron chi connectivity index (χ1n) is 9.71. The Morgan fingerprint density at radius 1 is 1.14 bits per heavy atom. The van der Waals surface area contributed by atoms with Crippen LogP contribution in [-0.4, -0.2) is 59.3 Å². The van der Waals surface area contributed by atoms with E-state index in [2.05, 4.69) is 4.98 Å². The Hall–Kier alpha value is -2.74. The minimum Gasteiger partial charge on any atom is -0.469 e. The van der Waals surface area contributed by atoms with Crippen LogP contribution in [-0.2, 0) is 20.9 Å². The number of carbonyl (C=O) groups excluding carboxylic acids is 3. The molecular formula is C21H23N3O4S. The van der Waals surface area contributed by atoms with Crippen molar-refractivity contribution in [2.45, 2.75) is 25.3 Å². The van der Waals surface area contributed by atoms with Crippen LogP contribution in [0.3, 0.4) is 0 Å². The molecule has 152 valence electrons.